The predicted molar refractivity (Wildman–Crippen MR) is 66.4 cm³/mol. The summed E-state index contributed by atoms with van der Waals surface area (Å²) < 4.78 is 2.06. The van der Waals surface area contributed by atoms with Crippen molar-refractivity contribution in [3.63, 3.8) is 0 Å². The van der Waals surface area contributed by atoms with E-state index in [1.165, 1.54) is 0 Å². The number of nitrogens with zero attached hydrogens (tertiary/aromatic N) is 3. The molecule has 3 nitrogen and oxygen atoms in total. The van der Waals surface area contributed by atoms with Gasteiger partial charge in [0.15, 0.2) is 0 Å². The SMILES string of the molecule is ClCCCCn1ccnc1.c1ccncc1. The summed E-state index contributed by atoms with van der Waals surface area (Å²) in [5.74, 6) is 0.759. The lowest BCUT2D eigenvalue weighted by atomic mass is 10.3. The topological polar surface area (TPSA) is 30.7 Å². The fourth-order valence-corrected chi connectivity index (χ4v) is 1.31. The van der Waals surface area contributed by atoms with Gasteiger partial charge in [-0.15, -0.1) is 11.6 Å². The zero-order chi connectivity index (χ0) is 11.5. The van der Waals surface area contributed by atoms with Gasteiger partial charge in [-0.3, -0.25) is 4.98 Å². The lowest BCUT2D eigenvalue weighted by Gasteiger charge is -1.97. The summed E-state index contributed by atoms with van der Waals surface area (Å²) in [6.45, 7) is 1.03. The molecule has 0 unspecified atom stereocenters. The number of rotatable bonds is 4. The predicted octanol–water partition coefficient (Wildman–Crippen LogP) is 2.98. The monoisotopic (exact) mass is 237 g/mol. The molecular weight excluding hydrogens is 222 g/mol. The number of hydrogen-bond donors (Lipinski definition) is 0. The molecule has 0 bridgehead atoms. The molecule has 0 saturated carbocycles. The van der Waals surface area contributed by atoms with Gasteiger partial charge in [0.05, 0.1) is 6.33 Å². The van der Waals surface area contributed by atoms with E-state index in [1.54, 1.807) is 18.6 Å². The van der Waals surface area contributed by atoms with Crippen LogP contribution in [0.15, 0.2) is 49.3 Å². The van der Waals surface area contributed by atoms with Gasteiger partial charge in [0, 0.05) is 37.2 Å². The van der Waals surface area contributed by atoms with Crippen molar-refractivity contribution in [3.05, 3.63) is 49.3 Å². The zero-order valence-electron chi connectivity index (χ0n) is 9.17. The fourth-order valence-electron chi connectivity index (χ4n) is 1.12. The van der Waals surface area contributed by atoms with Crippen LogP contribution >= 0.6 is 11.6 Å². The van der Waals surface area contributed by atoms with Gasteiger partial charge < -0.3 is 4.57 Å². The molecule has 2 rings (SSSR count). The van der Waals surface area contributed by atoms with Crippen LogP contribution in [0.3, 0.4) is 0 Å². The van der Waals surface area contributed by atoms with Gasteiger partial charge in [0.2, 0.25) is 0 Å². The van der Waals surface area contributed by atoms with Crippen molar-refractivity contribution in [2.75, 3.05) is 5.88 Å². The number of halogens is 1. The minimum absolute atomic E-state index is 0.759. The first-order valence-electron chi connectivity index (χ1n) is 5.30. The Bertz CT molecular complexity index is 308. The molecule has 4 heteroatoms. The Morgan fingerprint density at radius 2 is 1.75 bits per heavy atom. The third kappa shape index (κ3) is 6.19. The van der Waals surface area contributed by atoms with Crippen LogP contribution in [0.5, 0.6) is 0 Å². The summed E-state index contributed by atoms with van der Waals surface area (Å²) >= 11 is 5.52. The number of imidazole rings is 1. The molecule has 2 heterocycles. The first kappa shape index (κ1) is 12.7. The molecular formula is C12H16ClN3. The minimum Gasteiger partial charge on any atom is -0.337 e. The Balaban J connectivity index is 0.000000181. The van der Waals surface area contributed by atoms with Crippen LogP contribution in [0.25, 0.3) is 0 Å². The van der Waals surface area contributed by atoms with Gasteiger partial charge in [-0.05, 0) is 25.0 Å². The summed E-state index contributed by atoms with van der Waals surface area (Å²) in [4.78, 5) is 7.72. The maximum Gasteiger partial charge on any atom is 0.0945 e. The average molecular weight is 238 g/mol. The van der Waals surface area contributed by atoms with Crippen LogP contribution in [-0.4, -0.2) is 20.4 Å². The van der Waals surface area contributed by atoms with E-state index >= 15 is 0 Å². The Kier molecular flexibility index (Phi) is 7.09. The molecule has 2 aromatic rings. The molecule has 2 aromatic heterocycles. The first-order valence-corrected chi connectivity index (χ1v) is 5.83. The van der Waals surface area contributed by atoms with E-state index in [0.29, 0.717) is 0 Å². The largest absolute Gasteiger partial charge is 0.337 e. The van der Waals surface area contributed by atoms with Crippen molar-refractivity contribution in [1.29, 1.82) is 0 Å². The molecule has 16 heavy (non-hydrogen) atoms. The van der Waals surface area contributed by atoms with Gasteiger partial charge in [0.25, 0.3) is 0 Å². The smallest absolute Gasteiger partial charge is 0.0945 e. The third-order valence-electron chi connectivity index (χ3n) is 1.93. The standard InChI is InChI=1S/C7H11ClN2.C5H5N/c8-3-1-2-5-10-6-4-9-7-10;1-2-4-6-5-3-1/h4,6-7H,1-3,5H2;1-5H. The van der Waals surface area contributed by atoms with Gasteiger partial charge in [-0.25, -0.2) is 4.98 Å². The fraction of sp³-hybridized carbons (Fsp3) is 0.333. The van der Waals surface area contributed by atoms with Crippen molar-refractivity contribution in [2.45, 2.75) is 19.4 Å². The Hall–Kier alpha value is -1.35. The second-order valence-electron chi connectivity index (χ2n) is 3.22. The maximum absolute atomic E-state index is 5.52. The third-order valence-corrected chi connectivity index (χ3v) is 2.19. The number of hydrogen-bond acceptors (Lipinski definition) is 2. The average Bonchev–Trinajstić information content (AvgIpc) is 2.86. The molecule has 0 aliphatic carbocycles. The highest BCUT2D eigenvalue weighted by atomic mass is 35.5. The van der Waals surface area contributed by atoms with E-state index in [1.807, 2.05) is 30.7 Å². The van der Waals surface area contributed by atoms with Gasteiger partial charge in [-0.2, -0.15) is 0 Å². The highest BCUT2D eigenvalue weighted by Gasteiger charge is 1.88. The quantitative estimate of drug-likeness (QED) is 0.605. The van der Waals surface area contributed by atoms with Crippen molar-refractivity contribution < 1.29 is 0 Å². The molecule has 0 fully saturated rings. The zero-order valence-corrected chi connectivity index (χ0v) is 9.92. The number of aromatic nitrogens is 3. The molecule has 0 aromatic carbocycles. The maximum atomic E-state index is 5.52. The van der Waals surface area contributed by atoms with Gasteiger partial charge in [-0.1, -0.05) is 6.07 Å². The van der Waals surface area contributed by atoms with Crippen LogP contribution < -0.4 is 0 Å². The lowest BCUT2D eigenvalue weighted by molar-refractivity contribution is 0.633. The van der Waals surface area contributed by atoms with Gasteiger partial charge in [0.1, 0.15) is 0 Å². The highest BCUT2D eigenvalue weighted by molar-refractivity contribution is 6.17. The number of alkyl halides is 1. The summed E-state index contributed by atoms with van der Waals surface area (Å²) in [6, 6.07) is 5.72. The molecule has 0 spiro atoms. The molecule has 0 N–H and O–H groups in total. The highest BCUT2D eigenvalue weighted by Crippen LogP contribution is 1.95. The summed E-state index contributed by atoms with van der Waals surface area (Å²) in [5, 5.41) is 0. The van der Waals surface area contributed by atoms with E-state index in [0.717, 1.165) is 25.3 Å². The molecule has 0 aliphatic rings. The molecule has 0 saturated heterocycles. The van der Waals surface area contributed by atoms with Crippen molar-refractivity contribution >= 4 is 11.6 Å². The molecule has 0 radical (unpaired) electrons. The van der Waals surface area contributed by atoms with Crippen molar-refractivity contribution in [2.24, 2.45) is 0 Å². The van der Waals surface area contributed by atoms with Crippen LogP contribution in [0.1, 0.15) is 12.8 Å². The van der Waals surface area contributed by atoms with Crippen molar-refractivity contribution in [1.82, 2.24) is 14.5 Å². The Morgan fingerprint density at radius 3 is 2.19 bits per heavy atom. The summed E-state index contributed by atoms with van der Waals surface area (Å²) in [7, 11) is 0. The second kappa shape index (κ2) is 8.92. The van der Waals surface area contributed by atoms with Crippen LogP contribution in [0.4, 0.5) is 0 Å². The Morgan fingerprint density at radius 1 is 0.938 bits per heavy atom. The van der Waals surface area contributed by atoms with E-state index < -0.39 is 0 Å². The normalized spacial score (nSPS) is 9.31. The summed E-state index contributed by atoms with van der Waals surface area (Å²) in [5.41, 5.74) is 0. The molecule has 0 amide bonds. The van der Waals surface area contributed by atoms with Crippen LogP contribution in [-0.2, 0) is 6.54 Å². The van der Waals surface area contributed by atoms with Crippen molar-refractivity contribution in [3.8, 4) is 0 Å². The van der Waals surface area contributed by atoms with Crippen LogP contribution in [0.2, 0.25) is 0 Å². The number of unbranched alkanes of at least 4 members (excludes halogenated alkanes) is 1. The molecule has 0 aliphatic heterocycles. The van der Waals surface area contributed by atoms with E-state index in [-0.39, 0.29) is 0 Å². The Labute approximate surface area is 101 Å². The van der Waals surface area contributed by atoms with Crippen LogP contribution in [0, 0.1) is 0 Å². The number of pyridine rings is 1. The molecule has 0 atom stereocenters. The first-order chi connectivity index (χ1) is 7.93. The number of aryl methyl sites for hydroxylation is 1. The summed E-state index contributed by atoms with van der Waals surface area (Å²) in [6.07, 6.45) is 11.3. The second-order valence-corrected chi connectivity index (χ2v) is 3.60. The van der Waals surface area contributed by atoms with E-state index in [4.69, 9.17) is 11.6 Å². The lowest BCUT2D eigenvalue weighted by Crippen LogP contribution is -1.93. The van der Waals surface area contributed by atoms with Gasteiger partial charge >= 0.3 is 0 Å². The molecule has 86 valence electrons. The minimum atomic E-state index is 0.759. The van der Waals surface area contributed by atoms with E-state index in [2.05, 4.69) is 14.5 Å². The van der Waals surface area contributed by atoms with E-state index in [9.17, 15) is 0 Å².